The average molecular weight is 212 g/mol. The van der Waals surface area contributed by atoms with E-state index < -0.39 is 0 Å². The van der Waals surface area contributed by atoms with Crippen LogP contribution in [-0.2, 0) is 9.53 Å². The van der Waals surface area contributed by atoms with Gasteiger partial charge in [-0.05, 0) is 19.8 Å². The van der Waals surface area contributed by atoms with Gasteiger partial charge in [0.2, 0.25) is 0 Å². The van der Waals surface area contributed by atoms with Crippen LogP contribution >= 0.6 is 0 Å². The minimum absolute atomic E-state index is 0.153. The van der Waals surface area contributed by atoms with Crippen LogP contribution in [0.4, 0.5) is 0 Å². The Morgan fingerprint density at radius 2 is 1.87 bits per heavy atom. The van der Waals surface area contributed by atoms with E-state index in [1.165, 1.54) is 12.8 Å². The summed E-state index contributed by atoms with van der Waals surface area (Å²) in [7, 11) is 0. The van der Waals surface area contributed by atoms with Crippen molar-refractivity contribution in [3.63, 3.8) is 0 Å². The zero-order valence-corrected chi connectivity index (χ0v) is 10.3. The fourth-order valence-corrected chi connectivity index (χ4v) is 1.25. The van der Waals surface area contributed by atoms with Crippen LogP contribution in [0.1, 0.15) is 59.3 Å². The van der Waals surface area contributed by atoms with Crippen LogP contribution in [0.15, 0.2) is 11.6 Å². The summed E-state index contributed by atoms with van der Waals surface area (Å²) in [6, 6.07) is 0. The summed E-state index contributed by atoms with van der Waals surface area (Å²) in [6.45, 7) is 6.66. The molecule has 0 radical (unpaired) electrons. The number of carbonyl (C=O) groups excluding carboxylic acids is 1. The van der Waals surface area contributed by atoms with E-state index in [9.17, 15) is 4.79 Å². The Morgan fingerprint density at radius 3 is 2.47 bits per heavy atom. The van der Waals surface area contributed by atoms with Crippen LogP contribution in [0.25, 0.3) is 0 Å². The summed E-state index contributed by atoms with van der Waals surface area (Å²) >= 11 is 0. The molecule has 2 nitrogen and oxygen atoms in total. The van der Waals surface area contributed by atoms with Crippen molar-refractivity contribution < 1.29 is 9.53 Å². The second-order valence-electron chi connectivity index (χ2n) is 3.87. The summed E-state index contributed by atoms with van der Waals surface area (Å²) < 4.78 is 5.14. The van der Waals surface area contributed by atoms with Crippen LogP contribution in [0.2, 0.25) is 0 Å². The molecule has 0 aromatic rings. The van der Waals surface area contributed by atoms with Gasteiger partial charge < -0.3 is 4.74 Å². The maximum absolute atomic E-state index is 11.4. The molecule has 0 saturated heterocycles. The SMILES string of the molecule is CCCC=C(C)C(=O)OCCCCCC. The molecule has 88 valence electrons. The number of esters is 1. The molecular formula is C13H24O2. The molecule has 0 aromatic carbocycles. The second kappa shape index (κ2) is 9.75. The monoisotopic (exact) mass is 212 g/mol. The molecule has 15 heavy (non-hydrogen) atoms. The fourth-order valence-electron chi connectivity index (χ4n) is 1.25. The molecule has 0 amide bonds. The maximum Gasteiger partial charge on any atom is 0.333 e. The Kier molecular flexibility index (Phi) is 9.24. The number of allylic oxidation sites excluding steroid dienone is 1. The topological polar surface area (TPSA) is 26.3 Å². The lowest BCUT2D eigenvalue weighted by atomic mass is 10.2. The molecule has 0 unspecified atom stereocenters. The number of ether oxygens (including phenoxy) is 1. The predicted molar refractivity (Wildman–Crippen MR) is 63.8 cm³/mol. The first kappa shape index (κ1) is 14.2. The molecule has 0 aliphatic heterocycles. The molecule has 0 aliphatic carbocycles. The quantitative estimate of drug-likeness (QED) is 0.347. The second-order valence-corrected chi connectivity index (χ2v) is 3.87. The van der Waals surface area contributed by atoms with Crippen molar-refractivity contribution in [3.8, 4) is 0 Å². The van der Waals surface area contributed by atoms with Gasteiger partial charge in [0.05, 0.1) is 6.61 Å². The van der Waals surface area contributed by atoms with E-state index in [1.807, 2.05) is 13.0 Å². The number of carbonyl (C=O) groups is 1. The lowest BCUT2D eigenvalue weighted by Crippen LogP contribution is -2.07. The van der Waals surface area contributed by atoms with Gasteiger partial charge in [-0.25, -0.2) is 4.79 Å². The molecule has 0 aromatic heterocycles. The van der Waals surface area contributed by atoms with Gasteiger partial charge >= 0.3 is 5.97 Å². The summed E-state index contributed by atoms with van der Waals surface area (Å²) in [5.74, 6) is -0.153. The van der Waals surface area contributed by atoms with E-state index in [-0.39, 0.29) is 5.97 Å². The highest BCUT2D eigenvalue weighted by molar-refractivity contribution is 5.87. The molecule has 0 bridgehead atoms. The number of hydrogen-bond acceptors (Lipinski definition) is 2. The third-order valence-corrected chi connectivity index (χ3v) is 2.29. The van der Waals surface area contributed by atoms with Gasteiger partial charge in [-0.3, -0.25) is 0 Å². The van der Waals surface area contributed by atoms with E-state index in [2.05, 4.69) is 13.8 Å². The molecule has 0 N–H and O–H groups in total. The summed E-state index contributed by atoms with van der Waals surface area (Å²) in [5, 5.41) is 0. The highest BCUT2D eigenvalue weighted by Gasteiger charge is 2.03. The van der Waals surface area contributed by atoms with Gasteiger partial charge in [0.15, 0.2) is 0 Å². The first-order valence-electron chi connectivity index (χ1n) is 6.06. The third-order valence-electron chi connectivity index (χ3n) is 2.29. The van der Waals surface area contributed by atoms with Crippen LogP contribution in [0.3, 0.4) is 0 Å². The Hall–Kier alpha value is -0.790. The fraction of sp³-hybridized carbons (Fsp3) is 0.769. The number of hydrogen-bond donors (Lipinski definition) is 0. The highest BCUT2D eigenvalue weighted by atomic mass is 16.5. The van der Waals surface area contributed by atoms with Crippen LogP contribution in [-0.4, -0.2) is 12.6 Å². The van der Waals surface area contributed by atoms with Gasteiger partial charge in [-0.1, -0.05) is 45.6 Å². The molecule has 0 spiro atoms. The minimum Gasteiger partial charge on any atom is -0.462 e. The smallest absolute Gasteiger partial charge is 0.333 e. The zero-order valence-electron chi connectivity index (χ0n) is 10.3. The van der Waals surface area contributed by atoms with Gasteiger partial charge in [0, 0.05) is 5.57 Å². The maximum atomic E-state index is 11.4. The molecule has 0 saturated carbocycles. The molecule has 0 rings (SSSR count). The van der Waals surface area contributed by atoms with Gasteiger partial charge in [0.1, 0.15) is 0 Å². The summed E-state index contributed by atoms with van der Waals surface area (Å²) in [4.78, 5) is 11.4. The summed E-state index contributed by atoms with van der Waals surface area (Å²) in [5.41, 5.74) is 0.743. The van der Waals surface area contributed by atoms with Crippen molar-refractivity contribution in [2.75, 3.05) is 6.61 Å². The Balaban J connectivity index is 3.55. The van der Waals surface area contributed by atoms with Crippen LogP contribution < -0.4 is 0 Å². The Bertz CT molecular complexity index is 195. The standard InChI is InChI=1S/C13H24O2/c1-4-6-8-9-11-15-13(14)12(3)10-7-5-2/h10H,4-9,11H2,1-3H3. The molecule has 0 atom stereocenters. The van der Waals surface area contributed by atoms with Crippen LogP contribution in [0.5, 0.6) is 0 Å². The van der Waals surface area contributed by atoms with E-state index in [4.69, 9.17) is 4.74 Å². The van der Waals surface area contributed by atoms with Crippen molar-refractivity contribution >= 4 is 5.97 Å². The molecule has 0 heterocycles. The van der Waals surface area contributed by atoms with Gasteiger partial charge in [0.25, 0.3) is 0 Å². The van der Waals surface area contributed by atoms with Crippen molar-refractivity contribution in [1.29, 1.82) is 0 Å². The van der Waals surface area contributed by atoms with Crippen molar-refractivity contribution in [2.45, 2.75) is 59.3 Å². The first-order valence-corrected chi connectivity index (χ1v) is 6.06. The zero-order chi connectivity index (χ0) is 11.5. The Morgan fingerprint density at radius 1 is 1.13 bits per heavy atom. The van der Waals surface area contributed by atoms with E-state index in [0.29, 0.717) is 6.61 Å². The van der Waals surface area contributed by atoms with Gasteiger partial charge in [-0.15, -0.1) is 0 Å². The summed E-state index contributed by atoms with van der Waals surface area (Å²) in [6.07, 6.45) is 8.56. The normalized spacial score (nSPS) is 11.5. The van der Waals surface area contributed by atoms with Crippen molar-refractivity contribution in [3.05, 3.63) is 11.6 Å². The minimum atomic E-state index is -0.153. The van der Waals surface area contributed by atoms with Crippen LogP contribution in [0, 0.1) is 0 Å². The third kappa shape index (κ3) is 8.22. The number of unbranched alkanes of at least 4 members (excludes halogenated alkanes) is 4. The van der Waals surface area contributed by atoms with E-state index >= 15 is 0 Å². The van der Waals surface area contributed by atoms with E-state index in [0.717, 1.165) is 31.3 Å². The first-order chi connectivity index (χ1) is 7.22. The molecule has 0 fully saturated rings. The largest absolute Gasteiger partial charge is 0.462 e. The highest BCUT2D eigenvalue weighted by Crippen LogP contribution is 2.03. The lowest BCUT2D eigenvalue weighted by molar-refractivity contribution is -0.139. The Labute approximate surface area is 93.7 Å². The molecule has 0 aliphatic rings. The van der Waals surface area contributed by atoms with E-state index in [1.54, 1.807) is 0 Å². The van der Waals surface area contributed by atoms with Crippen molar-refractivity contribution in [1.82, 2.24) is 0 Å². The molecular weight excluding hydrogens is 188 g/mol. The molecule has 2 heteroatoms. The number of rotatable bonds is 8. The predicted octanol–water partition coefficient (Wildman–Crippen LogP) is 3.86. The average Bonchev–Trinajstić information content (AvgIpc) is 2.25. The lowest BCUT2D eigenvalue weighted by Gasteiger charge is -2.04. The van der Waals surface area contributed by atoms with Crippen molar-refractivity contribution in [2.24, 2.45) is 0 Å². The van der Waals surface area contributed by atoms with Gasteiger partial charge in [-0.2, -0.15) is 0 Å².